The molecular weight excluding hydrogens is 1910 g/mol. The van der Waals surface area contributed by atoms with Gasteiger partial charge in [0.2, 0.25) is 0 Å². The van der Waals surface area contributed by atoms with Gasteiger partial charge in [-0.25, -0.2) is 120 Å². The molecule has 656 valence electrons. The molecule has 24 rings (SSSR count). The Balaban J connectivity index is 0.000000103. The Labute approximate surface area is 800 Å². The van der Waals surface area contributed by atoms with Gasteiger partial charge in [-0.3, -0.25) is 0 Å². The van der Waals surface area contributed by atoms with Gasteiger partial charge < -0.3 is 0 Å². The molecule has 0 aliphatic rings. The molecular formula is C88H88N24S16. The highest BCUT2D eigenvalue weighted by molar-refractivity contribution is 7.24. The van der Waals surface area contributed by atoms with Crippen molar-refractivity contribution in [3.05, 3.63) is 129 Å². The summed E-state index contributed by atoms with van der Waals surface area (Å²) in [5.41, 5.74) is 14.9. The molecule has 24 nitrogen and oxygen atoms in total. The molecule has 24 aromatic rings. The summed E-state index contributed by atoms with van der Waals surface area (Å²) >= 11 is 27.2. The van der Waals surface area contributed by atoms with Gasteiger partial charge in [-0.05, 0) is 151 Å². The molecule has 0 saturated carbocycles. The first-order chi connectivity index (χ1) is 62.4. The normalized spacial score (nSPS) is 11.6. The van der Waals surface area contributed by atoms with Gasteiger partial charge in [0.25, 0.3) is 0 Å². The maximum Gasteiger partial charge on any atom is 0.192 e. The zero-order chi connectivity index (χ0) is 89.0. The van der Waals surface area contributed by atoms with E-state index < -0.39 is 0 Å². The Bertz CT molecular complexity index is 5790. The summed E-state index contributed by atoms with van der Waals surface area (Å²) in [6, 6.07) is 17.2. The van der Waals surface area contributed by atoms with Gasteiger partial charge in [0.05, 0.1) is 140 Å². The summed E-state index contributed by atoms with van der Waals surface area (Å²) in [5, 5.41) is 18.4. The Kier molecular flexibility index (Phi) is 29.3. The molecule has 0 unspecified atom stereocenters. The predicted octanol–water partition coefficient (Wildman–Crippen LogP) is 27.4. The fourth-order valence-corrected chi connectivity index (χ4v) is 27.1. The fourth-order valence-electron chi connectivity index (χ4n) is 12.9. The van der Waals surface area contributed by atoms with Crippen LogP contribution >= 0.6 is 181 Å². The van der Waals surface area contributed by atoms with Crippen molar-refractivity contribution in [2.24, 2.45) is 0 Å². The summed E-state index contributed by atoms with van der Waals surface area (Å²) in [6.45, 7) is 33.9. The molecule has 0 aliphatic carbocycles. The molecule has 0 fully saturated rings. The van der Waals surface area contributed by atoms with Crippen LogP contribution in [0, 0.1) is 0 Å². The average Bonchev–Trinajstić information content (AvgIpc) is 1.69. The SMILES string of the molecule is CCc1nc2cc3nc(CC)sc3cc2s1.CCc1nc2cc3nc(CC)sc3nc2s1.CCc1nc2cc3sc(CC)nc3cc2s1.CCc1nc2nc3nc(CC)sc3cc2s1.CCc1nc2nc3nc(CC)sc3nc2s1.CCc1nc2nc3sc(CC)nc3cc2s1.CCc1nc2nc3sc(CC)nc3cc2s1.CCc1nc2nc3sc(CC)nc3nc2s1. The fraction of sp³-hybridized carbons (Fsp3) is 0.364. The lowest BCUT2D eigenvalue weighted by atomic mass is 10.3. The van der Waals surface area contributed by atoms with E-state index in [1.807, 2.05) is 0 Å². The molecule has 128 heavy (non-hydrogen) atoms. The van der Waals surface area contributed by atoms with E-state index in [9.17, 15) is 0 Å². The Morgan fingerprint density at radius 1 is 0.125 bits per heavy atom. The van der Waals surface area contributed by atoms with E-state index in [2.05, 4.69) is 279 Å². The highest BCUT2D eigenvalue weighted by Crippen LogP contribution is 2.38. The summed E-state index contributed by atoms with van der Waals surface area (Å²) in [4.78, 5) is 116. The first-order valence-corrected chi connectivity index (χ1v) is 55.9. The van der Waals surface area contributed by atoms with Gasteiger partial charge in [0.1, 0.15) is 41.4 Å². The number of hydrogen-bond acceptors (Lipinski definition) is 40. The zero-order valence-electron chi connectivity index (χ0n) is 73.2. The Hall–Kier alpha value is -8.56. The van der Waals surface area contributed by atoms with E-state index in [1.165, 1.54) is 48.2 Å². The molecule has 0 amide bonds. The molecule has 40 heteroatoms. The Morgan fingerprint density at radius 2 is 0.281 bits per heavy atom. The van der Waals surface area contributed by atoms with Crippen LogP contribution in [0.15, 0.2) is 48.5 Å². The van der Waals surface area contributed by atoms with E-state index in [4.69, 9.17) is 0 Å². The van der Waals surface area contributed by atoms with Crippen LogP contribution in [-0.4, -0.2) is 120 Å². The van der Waals surface area contributed by atoms with Gasteiger partial charge in [0.15, 0.2) is 64.5 Å². The standard InChI is InChI=1S/2C12H12N2S2.4C11H11N3S2.2C10H10N4S2/c1-3-11-13-7-5-10-8(6-9(7)15-11)14-12(4-2)16-10;1-3-11-13-7-5-8-10(6-9(7)15-11)16-12(4-2)14-8;2*1-3-8-12-6-5-7-10(14-11(6)16-8)13-9(4-2)15-7;1-3-8-12-10-6(15-8)5-7-11(14-10)13-9(4-2)16-7;1-3-8-12-6-5-7-11(14-10(6)15-8)16-9(4-2)13-7;1-3-5-11-7-9(15-5)14-8-10(13-7)16-6(4-2)12-8;1-3-5-11-7-9(15-5)14-10-8(13-7)12-6(4-2)16-10/h2*5-6H,3-4H2,1-2H3;4*5H,3-4H2,1-2H3;2*3-4H2,1-2H3. The van der Waals surface area contributed by atoms with Crippen LogP contribution in [0.5, 0.6) is 0 Å². The number of thiazole rings is 16. The second-order valence-electron chi connectivity index (χ2n) is 28.5. The van der Waals surface area contributed by atoms with Crippen molar-refractivity contribution in [2.75, 3.05) is 0 Å². The van der Waals surface area contributed by atoms with Crippen LogP contribution in [-0.2, 0) is 103 Å². The minimum absolute atomic E-state index is 0.738. The van der Waals surface area contributed by atoms with Crippen LogP contribution in [0.4, 0.5) is 0 Å². The van der Waals surface area contributed by atoms with Crippen LogP contribution < -0.4 is 0 Å². The monoisotopic (exact) mass is 1990 g/mol. The van der Waals surface area contributed by atoms with E-state index in [-0.39, 0.29) is 0 Å². The number of aromatic nitrogens is 24. The summed E-state index contributed by atoms with van der Waals surface area (Å²) in [6.07, 6.45) is 15.6. The van der Waals surface area contributed by atoms with E-state index >= 15 is 0 Å². The van der Waals surface area contributed by atoms with Gasteiger partial charge in [-0.15, -0.1) is 90.7 Å². The molecule has 2 aromatic carbocycles. The van der Waals surface area contributed by atoms with Gasteiger partial charge in [0, 0.05) is 0 Å². The minimum Gasteiger partial charge on any atom is -0.241 e. The lowest BCUT2D eigenvalue weighted by Gasteiger charge is -1.86. The topological polar surface area (TPSA) is 309 Å². The predicted molar refractivity (Wildman–Crippen MR) is 555 cm³/mol. The number of pyridine rings is 4. The van der Waals surface area contributed by atoms with E-state index in [0.29, 0.717) is 0 Å². The van der Waals surface area contributed by atoms with Crippen molar-refractivity contribution >= 4 is 347 Å². The third kappa shape index (κ3) is 20.4. The number of nitrogens with zero attached hydrogens (tertiary/aromatic N) is 24. The van der Waals surface area contributed by atoms with Crippen molar-refractivity contribution in [3.63, 3.8) is 0 Å². The quantitative estimate of drug-likeness (QED) is 0.0867. The second-order valence-corrected chi connectivity index (χ2v) is 45.9. The highest BCUT2D eigenvalue weighted by Gasteiger charge is 2.19. The zero-order valence-corrected chi connectivity index (χ0v) is 86.3. The summed E-state index contributed by atoms with van der Waals surface area (Å²) < 4.78 is 9.75. The van der Waals surface area contributed by atoms with Crippen molar-refractivity contribution in [1.82, 2.24) is 120 Å². The molecule has 22 aromatic heterocycles. The lowest BCUT2D eigenvalue weighted by molar-refractivity contribution is 1.09. The maximum absolute atomic E-state index is 4.63. The Morgan fingerprint density at radius 3 is 0.594 bits per heavy atom. The van der Waals surface area contributed by atoms with Gasteiger partial charge in [-0.2, -0.15) is 0 Å². The van der Waals surface area contributed by atoms with E-state index in [1.54, 1.807) is 181 Å². The summed E-state index contributed by atoms with van der Waals surface area (Å²) in [5.74, 6) is 0. The van der Waals surface area contributed by atoms with Crippen LogP contribution in [0.1, 0.15) is 191 Å². The first-order valence-electron chi connectivity index (χ1n) is 42.9. The van der Waals surface area contributed by atoms with E-state index in [0.717, 1.165) is 300 Å². The molecule has 0 bridgehead atoms. The minimum atomic E-state index is 0.738. The third-order valence-electron chi connectivity index (χ3n) is 19.5. The number of aryl methyl sites for hydroxylation is 16. The molecule has 0 spiro atoms. The molecule has 0 aliphatic heterocycles. The number of fused-ring (bicyclic) bond motifs is 16. The molecule has 22 heterocycles. The smallest absolute Gasteiger partial charge is 0.192 e. The van der Waals surface area contributed by atoms with Crippen molar-refractivity contribution in [1.29, 1.82) is 0 Å². The highest BCUT2D eigenvalue weighted by atomic mass is 32.2. The lowest BCUT2D eigenvalue weighted by Crippen LogP contribution is -1.83. The molecule has 0 N–H and O–H groups in total. The number of hydrogen-bond donors (Lipinski definition) is 0. The van der Waals surface area contributed by atoms with Crippen molar-refractivity contribution < 1.29 is 0 Å². The molecule has 0 saturated heterocycles. The maximum atomic E-state index is 4.63. The largest absolute Gasteiger partial charge is 0.241 e. The number of benzene rings is 2. The van der Waals surface area contributed by atoms with Crippen LogP contribution in [0.25, 0.3) is 166 Å². The third-order valence-corrected chi connectivity index (χ3v) is 37.5. The molecule has 0 atom stereocenters. The van der Waals surface area contributed by atoms with Crippen molar-refractivity contribution in [2.45, 2.75) is 214 Å². The van der Waals surface area contributed by atoms with Crippen LogP contribution in [0.2, 0.25) is 0 Å². The van der Waals surface area contributed by atoms with Gasteiger partial charge >= 0.3 is 0 Å². The van der Waals surface area contributed by atoms with Crippen LogP contribution in [0.3, 0.4) is 0 Å². The van der Waals surface area contributed by atoms with Crippen molar-refractivity contribution in [3.8, 4) is 0 Å². The average molecular weight is 1990 g/mol. The van der Waals surface area contributed by atoms with Gasteiger partial charge in [-0.1, -0.05) is 201 Å². The summed E-state index contributed by atoms with van der Waals surface area (Å²) in [7, 11) is 0. The first kappa shape index (κ1) is 91.3. The number of rotatable bonds is 16. The second kappa shape index (κ2) is 41.1. The molecule has 0 radical (unpaired) electrons.